The van der Waals surface area contributed by atoms with Gasteiger partial charge in [0, 0.05) is 24.9 Å². The second-order valence-corrected chi connectivity index (χ2v) is 8.82. The molecule has 7 nitrogen and oxygen atoms in total. The van der Waals surface area contributed by atoms with Crippen molar-refractivity contribution in [2.75, 3.05) is 13.2 Å². The van der Waals surface area contributed by atoms with Crippen LogP contribution in [-0.2, 0) is 14.3 Å². The molecule has 1 fully saturated rings. The summed E-state index contributed by atoms with van der Waals surface area (Å²) in [6.07, 6.45) is 3.05. The first kappa shape index (κ1) is 22.8. The predicted octanol–water partition coefficient (Wildman–Crippen LogP) is 4.06. The number of hydrogen-bond acceptors (Lipinski definition) is 4. The fraction of sp³-hybridized carbons (Fsp3) is 0.423. The summed E-state index contributed by atoms with van der Waals surface area (Å²) in [5, 5.41) is 14.7. The molecule has 2 aliphatic rings. The standard InChI is InChI=1S/C26H30N2O5/c29-24(28-18-13-12-17(15-18)25(30)31)11-5-6-14-27-26(32)33-16-23-21-9-3-1-7-19(21)20-8-2-4-10-22(20)23/h1-4,7-10,17-18,23H,5-6,11-16H2,(H,27,32)(H,28,29)(H,30,31). The van der Waals surface area contributed by atoms with E-state index < -0.39 is 12.1 Å². The first-order valence-corrected chi connectivity index (χ1v) is 11.6. The molecule has 0 spiro atoms. The number of ether oxygens (including phenoxy) is 1. The summed E-state index contributed by atoms with van der Waals surface area (Å²) >= 11 is 0. The van der Waals surface area contributed by atoms with Crippen LogP contribution in [0.15, 0.2) is 48.5 Å². The summed E-state index contributed by atoms with van der Waals surface area (Å²) in [4.78, 5) is 35.2. The number of carbonyl (C=O) groups is 3. The smallest absolute Gasteiger partial charge is 0.407 e. The third-order valence-electron chi connectivity index (χ3n) is 6.59. The molecule has 2 unspecified atom stereocenters. The molecule has 33 heavy (non-hydrogen) atoms. The lowest BCUT2D eigenvalue weighted by Crippen LogP contribution is -2.33. The Bertz CT molecular complexity index is 976. The molecule has 1 saturated carbocycles. The Kier molecular flexibility index (Phi) is 7.27. The van der Waals surface area contributed by atoms with Crippen molar-refractivity contribution in [3.8, 4) is 11.1 Å². The van der Waals surface area contributed by atoms with Crippen LogP contribution in [0, 0.1) is 5.92 Å². The minimum absolute atomic E-state index is 0.0307. The Labute approximate surface area is 193 Å². The molecule has 2 amide bonds. The lowest BCUT2D eigenvalue weighted by atomic mass is 9.98. The van der Waals surface area contributed by atoms with Gasteiger partial charge in [0.25, 0.3) is 0 Å². The highest BCUT2D eigenvalue weighted by atomic mass is 16.5. The van der Waals surface area contributed by atoms with Gasteiger partial charge >= 0.3 is 12.1 Å². The van der Waals surface area contributed by atoms with Crippen molar-refractivity contribution in [3.05, 3.63) is 59.7 Å². The average Bonchev–Trinajstić information content (AvgIpc) is 3.40. The highest BCUT2D eigenvalue weighted by Crippen LogP contribution is 2.44. The van der Waals surface area contributed by atoms with Crippen LogP contribution in [0.1, 0.15) is 55.6 Å². The number of carbonyl (C=O) groups excluding carboxylic acids is 2. The molecular formula is C26H30N2O5. The molecule has 2 aliphatic carbocycles. The van der Waals surface area contributed by atoms with E-state index in [-0.39, 0.29) is 30.4 Å². The maximum atomic E-state index is 12.2. The molecule has 0 aromatic heterocycles. The van der Waals surface area contributed by atoms with Crippen molar-refractivity contribution in [2.24, 2.45) is 5.92 Å². The first-order valence-electron chi connectivity index (χ1n) is 11.6. The quantitative estimate of drug-likeness (QED) is 0.500. The minimum atomic E-state index is -0.786. The van der Waals surface area contributed by atoms with Gasteiger partial charge in [-0.3, -0.25) is 9.59 Å². The van der Waals surface area contributed by atoms with Crippen molar-refractivity contribution in [1.82, 2.24) is 10.6 Å². The molecule has 0 bridgehead atoms. The lowest BCUT2D eigenvalue weighted by molar-refractivity contribution is -0.141. The van der Waals surface area contributed by atoms with Crippen LogP contribution in [-0.4, -0.2) is 42.3 Å². The number of aliphatic carboxylic acids is 1. The Morgan fingerprint density at radius 1 is 0.939 bits per heavy atom. The highest BCUT2D eigenvalue weighted by molar-refractivity contribution is 5.79. The number of carboxylic acid groups (broad SMARTS) is 1. The second kappa shape index (κ2) is 10.5. The fourth-order valence-electron chi connectivity index (χ4n) is 4.89. The van der Waals surface area contributed by atoms with E-state index >= 15 is 0 Å². The van der Waals surface area contributed by atoms with Gasteiger partial charge in [0.05, 0.1) is 5.92 Å². The van der Waals surface area contributed by atoms with Gasteiger partial charge in [0.2, 0.25) is 5.91 Å². The van der Waals surface area contributed by atoms with Gasteiger partial charge in [-0.1, -0.05) is 48.5 Å². The summed E-state index contributed by atoms with van der Waals surface area (Å²) in [5.41, 5.74) is 4.73. The molecule has 174 valence electrons. The molecule has 2 atom stereocenters. The monoisotopic (exact) mass is 450 g/mol. The van der Waals surface area contributed by atoms with Crippen LogP contribution in [0.25, 0.3) is 11.1 Å². The van der Waals surface area contributed by atoms with Crippen LogP contribution in [0.5, 0.6) is 0 Å². The number of unbranched alkanes of at least 4 members (excludes halogenated alkanes) is 1. The van der Waals surface area contributed by atoms with E-state index in [1.165, 1.54) is 22.3 Å². The van der Waals surface area contributed by atoms with Crippen LogP contribution in [0.4, 0.5) is 4.79 Å². The lowest BCUT2D eigenvalue weighted by Gasteiger charge is -2.14. The normalized spacial score (nSPS) is 18.9. The van der Waals surface area contributed by atoms with E-state index in [0.717, 1.165) is 0 Å². The second-order valence-electron chi connectivity index (χ2n) is 8.82. The maximum absolute atomic E-state index is 12.2. The van der Waals surface area contributed by atoms with Gasteiger partial charge in [-0.15, -0.1) is 0 Å². The third-order valence-corrected chi connectivity index (χ3v) is 6.59. The van der Waals surface area contributed by atoms with Crippen LogP contribution < -0.4 is 10.6 Å². The van der Waals surface area contributed by atoms with E-state index in [9.17, 15) is 14.4 Å². The molecule has 0 radical (unpaired) electrons. The largest absolute Gasteiger partial charge is 0.481 e. The number of nitrogens with one attached hydrogen (secondary N) is 2. The zero-order chi connectivity index (χ0) is 23.2. The van der Waals surface area contributed by atoms with E-state index in [2.05, 4.69) is 34.9 Å². The van der Waals surface area contributed by atoms with E-state index in [1.807, 2.05) is 24.3 Å². The van der Waals surface area contributed by atoms with Gasteiger partial charge in [-0.2, -0.15) is 0 Å². The minimum Gasteiger partial charge on any atom is -0.481 e. The number of rotatable bonds is 9. The Morgan fingerprint density at radius 3 is 2.24 bits per heavy atom. The van der Waals surface area contributed by atoms with Crippen molar-refractivity contribution in [2.45, 2.75) is 50.5 Å². The molecule has 2 aromatic rings. The van der Waals surface area contributed by atoms with E-state index in [0.29, 0.717) is 45.1 Å². The number of amides is 2. The van der Waals surface area contributed by atoms with Crippen LogP contribution in [0.3, 0.4) is 0 Å². The molecule has 2 aromatic carbocycles. The van der Waals surface area contributed by atoms with Gasteiger partial charge in [-0.25, -0.2) is 4.79 Å². The molecular weight excluding hydrogens is 420 g/mol. The number of hydrogen-bond donors (Lipinski definition) is 3. The molecule has 4 rings (SSSR count). The third kappa shape index (κ3) is 5.53. The number of fused-ring (bicyclic) bond motifs is 3. The molecule has 0 saturated heterocycles. The summed E-state index contributed by atoms with van der Waals surface area (Å²) in [6, 6.07) is 16.4. The SMILES string of the molecule is O=C(CCCCNC(=O)OCC1c2ccccc2-c2ccccc21)NC1CCC(C(=O)O)C1. The van der Waals surface area contributed by atoms with Crippen molar-refractivity contribution >= 4 is 18.0 Å². The average molecular weight is 451 g/mol. The maximum Gasteiger partial charge on any atom is 0.407 e. The number of carboxylic acids is 1. The van der Waals surface area contributed by atoms with Gasteiger partial charge < -0.3 is 20.5 Å². The zero-order valence-electron chi connectivity index (χ0n) is 18.6. The van der Waals surface area contributed by atoms with E-state index in [4.69, 9.17) is 9.84 Å². The number of benzene rings is 2. The fourth-order valence-corrected chi connectivity index (χ4v) is 4.89. The molecule has 0 aliphatic heterocycles. The first-order chi connectivity index (χ1) is 16.0. The summed E-state index contributed by atoms with van der Waals surface area (Å²) in [5.74, 6) is -1.17. The van der Waals surface area contributed by atoms with Gasteiger partial charge in [0.1, 0.15) is 6.61 Å². The zero-order valence-corrected chi connectivity index (χ0v) is 18.6. The Morgan fingerprint density at radius 2 is 1.61 bits per heavy atom. The summed E-state index contributed by atoms with van der Waals surface area (Å²) in [6.45, 7) is 0.718. The van der Waals surface area contributed by atoms with Crippen molar-refractivity contribution in [3.63, 3.8) is 0 Å². The Balaban J connectivity index is 1.13. The van der Waals surface area contributed by atoms with Crippen molar-refractivity contribution in [1.29, 1.82) is 0 Å². The summed E-state index contributed by atoms with van der Waals surface area (Å²) in [7, 11) is 0. The Hall–Kier alpha value is -3.35. The molecule has 7 heteroatoms. The topological polar surface area (TPSA) is 105 Å². The van der Waals surface area contributed by atoms with Crippen LogP contribution >= 0.6 is 0 Å². The van der Waals surface area contributed by atoms with Gasteiger partial charge in [0.15, 0.2) is 0 Å². The predicted molar refractivity (Wildman–Crippen MR) is 124 cm³/mol. The van der Waals surface area contributed by atoms with Crippen molar-refractivity contribution < 1.29 is 24.2 Å². The number of alkyl carbamates (subject to hydrolysis) is 1. The molecule has 0 heterocycles. The highest BCUT2D eigenvalue weighted by Gasteiger charge is 2.30. The molecule has 3 N–H and O–H groups in total. The summed E-state index contributed by atoms with van der Waals surface area (Å²) < 4.78 is 5.51. The van der Waals surface area contributed by atoms with E-state index in [1.54, 1.807) is 0 Å². The van der Waals surface area contributed by atoms with Gasteiger partial charge in [-0.05, 0) is 54.4 Å². The van der Waals surface area contributed by atoms with Crippen LogP contribution in [0.2, 0.25) is 0 Å².